The molecule has 1 aromatic rings. The Morgan fingerprint density at radius 1 is 1.56 bits per heavy atom. The first kappa shape index (κ1) is 11.4. The van der Waals surface area contributed by atoms with Gasteiger partial charge in [-0.1, -0.05) is 12.5 Å². The van der Waals surface area contributed by atoms with Crippen LogP contribution in [0.3, 0.4) is 0 Å². The third-order valence-electron chi connectivity index (χ3n) is 3.43. The molecule has 1 fully saturated rings. The molecule has 16 heavy (non-hydrogen) atoms. The van der Waals surface area contributed by atoms with Crippen LogP contribution in [0.4, 0.5) is 5.82 Å². The summed E-state index contributed by atoms with van der Waals surface area (Å²) in [7, 11) is 2.12. The Bertz CT molecular complexity index is 345. The molecule has 1 atom stereocenters. The third kappa shape index (κ3) is 2.35. The Hall–Kier alpha value is -1.09. The van der Waals surface area contributed by atoms with E-state index >= 15 is 0 Å². The fourth-order valence-electron chi connectivity index (χ4n) is 2.23. The van der Waals surface area contributed by atoms with Gasteiger partial charge in [0.25, 0.3) is 0 Å². The normalized spacial score (nSPS) is 17.9. The molecule has 88 valence electrons. The zero-order valence-electron chi connectivity index (χ0n) is 10.2. The van der Waals surface area contributed by atoms with Crippen LogP contribution in [-0.4, -0.2) is 18.6 Å². The third-order valence-corrected chi connectivity index (χ3v) is 3.43. The summed E-state index contributed by atoms with van der Waals surface area (Å²) in [6.45, 7) is 3.12. The van der Waals surface area contributed by atoms with Gasteiger partial charge in [-0.3, -0.25) is 0 Å². The molecular weight excluding hydrogens is 198 g/mol. The van der Waals surface area contributed by atoms with Crippen LogP contribution in [0.2, 0.25) is 0 Å². The lowest BCUT2D eigenvalue weighted by molar-refractivity contribution is 0.321. The largest absolute Gasteiger partial charge is 0.359 e. The molecule has 3 nitrogen and oxygen atoms in total. The molecule has 1 aliphatic rings. The smallest absolute Gasteiger partial charge is 0.133 e. The van der Waals surface area contributed by atoms with Crippen molar-refractivity contribution < 1.29 is 0 Å². The minimum atomic E-state index is 0.0486. The Morgan fingerprint density at radius 2 is 2.31 bits per heavy atom. The maximum absolute atomic E-state index is 5.96. The standard InChI is InChI=1S/C13H21N3/c1-10(14)12-7-4-8-15-13(12)16(2)9-11-5-3-6-11/h4,7-8,10-11H,3,5-6,9,14H2,1-2H3. The molecule has 0 amide bonds. The van der Waals surface area contributed by atoms with E-state index in [1.54, 1.807) is 0 Å². The van der Waals surface area contributed by atoms with Crippen molar-refractivity contribution in [2.75, 3.05) is 18.5 Å². The summed E-state index contributed by atoms with van der Waals surface area (Å²) in [5.74, 6) is 1.90. The van der Waals surface area contributed by atoms with E-state index in [0.29, 0.717) is 0 Å². The highest BCUT2D eigenvalue weighted by atomic mass is 15.2. The summed E-state index contributed by atoms with van der Waals surface area (Å²) >= 11 is 0. The molecule has 0 aliphatic heterocycles. The van der Waals surface area contributed by atoms with Gasteiger partial charge in [0.15, 0.2) is 0 Å². The van der Waals surface area contributed by atoms with Crippen LogP contribution < -0.4 is 10.6 Å². The van der Waals surface area contributed by atoms with Crippen LogP contribution in [-0.2, 0) is 0 Å². The van der Waals surface area contributed by atoms with Gasteiger partial charge in [-0.15, -0.1) is 0 Å². The summed E-state index contributed by atoms with van der Waals surface area (Å²) < 4.78 is 0. The fraction of sp³-hybridized carbons (Fsp3) is 0.615. The second-order valence-electron chi connectivity index (χ2n) is 4.88. The summed E-state index contributed by atoms with van der Waals surface area (Å²) in [6.07, 6.45) is 5.97. The van der Waals surface area contributed by atoms with Gasteiger partial charge in [0.2, 0.25) is 0 Å². The Morgan fingerprint density at radius 3 is 2.88 bits per heavy atom. The van der Waals surface area contributed by atoms with Crippen LogP contribution in [0.15, 0.2) is 18.3 Å². The zero-order valence-corrected chi connectivity index (χ0v) is 10.2. The lowest BCUT2D eigenvalue weighted by Crippen LogP contribution is -2.31. The molecule has 0 radical (unpaired) electrons. The maximum Gasteiger partial charge on any atom is 0.133 e. The highest BCUT2D eigenvalue weighted by molar-refractivity contribution is 5.47. The van der Waals surface area contributed by atoms with E-state index in [0.717, 1.165) is 23.8 Å². The van der Waals surface area contributed by atoms with E-state index in [2.05, 4.69) is 23.0 Å². The molecule has 0 bridgehead atoms. The number of aromatic nitrogens is 1. The van der Waals surface area contributed by atoms with E-state index < -0.39 is 0 Å². The van der Waals surface area contributed by atoms with Crippen molar-refractivity contribution in [2.45, 2.75) is 32.2 Å². The Balaban J connectivity index is 2.11. The van der Waals surface area contributed by atoms with Crippen LogP contribution in [0.25, 0.3) is 0 Å². The Labute approximate surface area is 97.7 Å². The second kappa shape index (κ2) is 4.83. The van der Waals surface area contributed by atoms with Crippen molar-refractivity contribution in [3.8, 4) is 0 Å². The molecular formula is C13H21N3. The summed E-state index contributed by atoms with van der Waals surface area (Å²) in [5, 5.41) is 0. The number of anilines is 1. The molecule has 0 spiro atoms. The molecule has 1 heterocycles. The quantitative estimate of drug-likeness (QED) is 0.845. The summed E-state index contributed by atoms with van der Waals surface area (Å²) in [6, 6.07) is 4.08. The van der Waals surface area contributed by atoms with Gasteiger partial charge in [0.05, 0.1) is 0 Å². The first-order valence-electron chi connectivity index (χ1n) is 6.10. The lowest BCUT2D eigenvalue weighted by Gasteiger charge is -2.31. The number of rotatable bonds is 4. The first-order chi connectivity index (χ1) is 7.68. The highest BCUT2D eigenvalue weighted by Crippen LogP contribution is 2.29. The van der Waals surface area contributed by atoms with E-state index in [4.69, 9.17) is 5.73 Å². The number of hydrogen-bond donors (Lipinski definition) is 1. The van der Waals surface area contributed by atoms with Crippen LogP contribution in [0.5, 0.6) is 0 Å². The SMILES string of the molecule is CC(N)c1cccnc1N(C)CC1CCC1. The van der Waals surface area contributed by atoms with E-state index in [-0.39, 0.29) is 6.04 Å². The van der Waals surface area contributed by atoms with Gasteiger partial charge in [-0.25, -0.2) is 4.98 Å². The monoisotopic (exact) mass is 219 g/mol. The van der Waals surface area contributed by atoms with Crippen molar-refractivity contribution in [3.63, 3.8) is 0 Å². The van der Waals surface area contributed by atoms with Gasteiger partial charge in [-0.2, -0.15) is 0 Å². The molecule has 2 N–H and O–H groups in total. The molecule has 1 unspecified atom stereocenters. The first-order valence-corrected chi connectivity index (χ1v) is 6.10. The van der Waals surface area contributed by atoms with Crippen molar-refractivity contribution in [2.24, 2.45) is 11.7 Å². The average molecular weight is 219 g/mol. The molecule has 2 rings (SSSR count). The zero-order chi connectivity index (χ0) is 11.5. The molecule has 3 heteroatoms. The fourth-order valence-corrected chi connectivity index (χ4v) is 2.23. The minimum absolute atomic E-state index is 0.0486. The van der Waals surface area contributed by atoms with Crippen molar-refractivity contribution >= 4 is 5.82 Å². The average Bonchev–Trinajstić information content (AvgIpc) is 2.23. The van der Waals surface area contributed by atoms with Gasteiger partial charge in [0.1, 0.15) is 5.82 Å². The molecule has 0 aromatic carbocycles. The Kier molecular flexibility index (Phi) is 3.44. The van der Waals surface area contributed by atoms with E-state index in [9.17, 15) is 0 Å². The van der Waals surface area contributed by atoms with Crippen LogP contribution >= 0.6 is 0 Å². The van der Waals surface area contributed by atoms with Crippen molar-refractivity contribution in [1.82, 2.24) is 4.98 Å². The molecule has 1 saturated carbocycles. The minimum Gasteiger partial charge on any atom is -0.359 e. The van der Waals surface area contributed by atoms with Crippen LogP contribution in [0.1, 0.15) is 37.8 Å². The van der Waals surface area contributed by atoms with Crippen molar-refractivity contribution in [3.05, 3.63) is 23.9 Å². The van der Waals surface area contributed by atoms with Crippen molar-refractivity contribution in [1.29, 1.82) is 0 Å². The topological polar surface area (TPSA) is 42.1 Å². The van der Waals surface area contributed by atoms with E-state index in [1.807, 2.05) is 19.2 Å². The molecule has 1 aliphatic carbocycles. The van der Waals surface area contributed by atoms with Gasteiger partial charge in [-0.05, 0) is 31.7 Å². The van der Waals surface area contributed by atoms with Gasteiger partial charge in [0, 0.05) is 31.4 Å². The van der Waals surface area contributed by atoms with Crippen LogP contribution in [0, 0.1) is 5.92 Å². The molecule has 1 aromatic heterocycles. The lowest BCUT2D eigenvalue weighted by atomic mass is 9.85. The number of hydrogen-bond acceptors (Lipinski definition) is 3. The van der Waals surface area contributed by atoms with Gasteiger partial charge >= 0.3 is 0 Å². The second-order valence-corrected chi connectivity index (χ2v) is 4.88. The number of nitrogens with two attached hydrogens (primary N) is 1. The summed E-state index contributed by atoms with van der Waals surface area (Å²) in [5.41, 5.74) is 7.11. The van der Waals surface area contributed by atoms with E-state index in [1.165, 1.54) is 19.3 Å². The number of pyridine rings is 1. The highest BCUT2D eigenvalue weighted by Gasteiger charge is 2.21. The van der Waals surface area contributed by atoms with Gasteiger partial charge < -0.3 is 10.6 Å². The maximum atomic E-state index is 5.96. The molecule has 0 saturated heterocycles. The summed E-state index contributed by atoms with van der Waals surface area (Å²) in [4.78, 5) is 6.71. The predicted molar refractivity (Wildman–Crippen MR) is 67.5 cm³/mol. The number of nitrogens with zero attached hydrogens (tertiary/aromatic N) is 2. The predicted octanol–water partition coefficient (Wildman–Crippen LogP) is 2.34.